The molecule has 0 saturated heterocycles. The zero-order valence-electron chi connectivity index (χ0n) is 9.80. The molecule has 2 aromatic rings. The monoisotopic (exact) mass is 233 g/mol. The van der Waals surface area contributed by atoms with Gasteiger partial charge in [-0.1, -0.05) is 0 Å². The highest BCUT2D eigenvalue weighted by molar-refractivity contribution is 5.67. The number of aromatic nitrogens is 2. The first-order chi connectivity index (χ1) is 8.15. The highest BCUT2D eigenvalue weighted by atomic mass is 16.3. The first kappa shape index (κ1) is 11.3. The standard InChI is InChI=1S/C12H16N4O/c1-15-6-7-16(9-15)5-4-14-12-8-10(17)2-3-11(12)13/h2-3,6-9,14H,4-5,13H2,1H3/p+1. The van der Waals surface area contributed by atoms with Gasteiger partial charge >= 0.3 is 0 Å². The van der Waals surface area contributed by atoms with Crippen LogP contribution in [0.25, 0.3) is 0 Å². The van der Waals surface area contributed by atoms with E-state index in [0.29, 0.717) is 5.69 Å². The Labute approximate surface area is 100 Å². The Morgan fingerprint density at radius 1 is 1.47 bits per heavy atom. The SMILES string of the molecule is C[n+]1ccn(CCNc2cc(O)ccc2N)c1. The molecule has 5 heteroatoms. The topological polar surface area (TPSA) is 67.1 Å². The Morgan fingerprint density at radius 2 is 2.29 bits per heavy atom. The second-order valence-corrected chi connectivity index (χ2v) is 4.02. The van der Waals surface area contributed by atoms with E-state index in [1.165, 1.54) is 0 Å². The molecule has 0 radical (unpaired) electrons. The van der Waals surface area contributed by atoms with Crippen LogP contribution in [-0.2, 0) is 13.6 Å². The number of hydrogen-bond acceptors (Lipinski definition) is 3. The van der Waals surface area contributed by atoms with Crippen LogP contribution in [0, 0.1) is 0 Å². The Bertz CT molecular complexity index is 507. The van der Waals surface area contributed by atoms with Gasteiger partial charge in [-0.05, 0) is 12.1 Å². The van der Waals surface area contributed by atoms with Crippen molar-refractivity contribution in [1.29, 1.82) is 0 Å². The number of phenolic OH excluding ortho intramolecular Hbond substituents is 1. The maximum Gasteiger partial charge on any atom is 0.243 e. The van der Waals surface area contributed by atoms with Crippen molar-refractivity contribution in [3.8, 4) is 5.75 Å². The van der Waals surface area contributed by atoms with Gasteiger partial charge in [0.05, 0.1) is 25.0 Å². The number of aryl methyl sites for hydroxylation is 1. The van der Waals surface area contributed by atoms with Crippen LogP contribution in [0.4, 0.5) is 11.4 Å². The first-order valence-electron chi connectivity index (χ1n) is 5.48. The number of hydrogen-bond donors (Lipinski definition) is 3. The summed E-state index contributed by atoms with van der Waals surface area (Å²) in [6.45, 7) is 1.60. The van der Waals surface area contributed by atoms with E-state index in [0.717, 1.165) is 18.8 Å². The zero-order valence-corrected chi connectivity index (χ0v) is 9.80. The molecule has 90 valence electrons. The van der Waals surface area contributed by atoms with E-state index < -0.39 is 0 Å². The summed E-state index contributed by atoms with van der Waals surface area (Å²) >= 11 is 0. The van der Waals surface area contributed by atoms with Gasteiger partial charge in [0.1, 0.15) is 24.7 Å². The molecule has 0 aliphatic heterocycles. The number of nitrogen functional groups attached to an aromatic ring is 1. The van der Waals surface area contributed by atoms with Gasteiger partial charge in [0.15, 0.2) is 0 Å². The van der Waals surface area contributed by atoms with Crippen molar-refractivity contribution in [2.75, 3.05) is 17.6 Å². The molecule has 0 atom stereocenters. The maximum atomic E-state index is 9.35. The number of phenols is 1. The van der Waals surface area contributed by atoms with Gasteiger partial charge in [0.25, 0.3) is 0 Å². The molecular formula is C12H17N4O+. The smallest absolute Gasteiger partial charge is 0.243 e. The van der Waals surface area contributed by atoms with E-state index in [4.69, 9.17) is 5.73 Å². The molecule has 2 rings (SSSR count). The summed E-state index contributed by atoms with van der Waals surface area (Å²) < 4.78 is 4.06. The number of rotatable bonds is 4. The number of anilines is 2. The lowest BCUT2D eigenvalue weighted by molar-refractivity contribution is -0.671. The van der Waals surface area contributed by atoms with Crippen molar-refractivity contribution in [3.05, 3.63) is 36.9 Å². The lowest BCUT2D eigenvalue weighted by Crippen LogP contribution is -2.24. The second-order valence-electron chi connectivity index (χ2n) is 4.02. The van der Waals surface area contributed by atoms with Crippen LogP contribution >= 0.6 is 0 Å². The number of nitrogens with zero attached hydrogens (tertiary/aromatic N) is 2. The molecule has 0 fully saturated rings. The van der Waals surface area contributed by atoms with E-state index in [9.17, 15) is 5.11 Å². The highest BCUT2D eigenvalue weighted by Gasteiger charge is 2.02. The fourth-order valence-electron chi connectivity index (χ4n) is 1.65. The average molecular weight is 233 g/mol. The summed E-state index contributed by atoms with van der Waals surface area (Å²) in [5, 5.41) is 12.5. The third kappa shape index (κ3) is 2.90. The molecule has 0 saturated carbocycles. The average Bonchev–Trinajstić information content (AvgIpc) is 2.69. The molecule has 1 aromatic carbocycles. The predicted molar refractivity (Wildman–Crippen MR) is 66.6 cm³/mol. The van der Waals surface area contributed by atoms with Crippen LogP contribution in [-0.4, -0.2) is 16.2 Å². The molecule has 0 spiro atoms. The zero-order chi connectivity index (χ0) is 12.3. The Kier molecular flexibility index (Phi) is 3.18. The summed E-state index contributed by atoms with van der Waals surface area (Å²) in [4.78, 5) is 0. The van der Waals surface area contributed by atoms with E-state index in [2.05, 4.69) is 9.88 Å². The third-order valence-corrected chi connectivity index (χ3v) is 2.55. The molecule has 0 aliphatic carbocycles. The van der Waals surface area contributed by atoms with Gasteiger partial charge in [-0.3, -0.25) is 0 Å². The lowest BCUT2D eigenvalue weighted by atomic mass is 10.2. The third-order valence-electron chi connectivity index (χ3n) is 2.55. The van der Waals surface area contributed by atoms with E-state index in [1.54, 1.807) is 18.2 Å². The van der Waals surface area contributed by atoms with E-state index >= 15 is 0 Å². The van der Waals surface area contributed by atoms with Gasteiger partial charge in [0, 0.05) is 6.07 Å². The second kappa shape index (κ2) is 4.78. The van der Waals surface area contributed by atoms with Crippen molar-refractivity contribution in [2.24, 2.45) is 7.05 Å². The molecule has 0 unspecified atom stereocenters. The Balaban J connectivity index is 1.91. The summed E-state index contributed by atoms with van der Waals surface area (Å²) in [5.74, 6) is 0.217. The number of nitrogens with two attached hydrogens (primary N) is 1. The van der Waals surface area contributed by atoms with Crippen LogP contribution in [0.15, 0.2) is 36.9 Å². The molecule has 0 amide bonds. The predicted octanol–water partition coefficient (Wildman–Crippen LogP) is 0.712. The molecule has 0 bridgehead atoms. The molecule has 5 nitrogen and oxygen atoms in total. The number of aromatic hydroxyl groups is 1. The molecule has 1 heterocycles. The molecule has 1 aromatic heterocycles. The summed E-state index contributed by atoms with van der Waals surface area (Å²) in [7, 11) is 1.98. The van der Waals surface area contributed by atoms with Crippen LogP contribution < -0.4 is 15.6 Å². The van der Waals surface area contributed by atoms with Gasteiger partial charge in [0.2, 0.25) is 6.33 Å². The summed E-state index contributed by atoms with van der Waals surface area (Å²) in [5.41, 5.74) is 7.19. The largest absolute Gasteiger partial charge is 0.508 e. The number of imidazole rings is 1. The van der Waals surface area contributed by atoms with Gasteiger partial charge < -0.3 is 16.2 Å². The van der Waals surface area contributed by atoms with Crippen LogP contribution in [0.2, 0.25) is 0 Å². The Morgan fingerprint density at radius 3 is 3.00 bits per heavy atom. The fraction of sp³-hybridized carbons (Fsp3) is 0.250. The number of nitrogens with one attached hydrogen (secondary N) is 1. The highest BCUT2D eigenvalue weighted by Crippen LogP contribution is 2.23. The van der Waals surface area contributed by atoms with Crippen LogP contribution in [0.3, 0.4) is 0 Å². The van der Waals surface area contributed by atoms with Crippen molar-refractivity contribution < 1.29 is 9.67 Å². The molecule has 0 aliphatic rings. The minimum atomic E-state index is 0.217. The van der Waals surface area contributed by atoms with Gasteiger partial charge in [-0.25, -0.2) is 9.13 Å². The number of benzene rings is 1. The summed E-state index contributed by atoms with van der Waals surface area (Å²) in [6, 6.07) is 4.89. The molecular weight excluding hydrogens is 216 g/mol. The van der Waals surface area contributed by atoms with Crippen molar-refractivity contribution in [1.82, 2.24) is 4.57 Å². The Hall–Kier alpha value is -2.17. The van der Waals surface area contributed by atoms with Crippen LogP contribution in [0.5, 0.6) is 5.75 Å². The first-order valence-corrected chi connectivity index (χ1v) is 5.48. The normalized spacial score (nSPS) is 10.4. The van der Waals surface area contributed by atoms with E-state index in [1.807, 2.05) is 30.3 Å². The summed E-state index contributed by atoms with van der Waals surface area (Å²) in [6.07, 6.45) is 6.00. The van der Waals surface area contributed by atoms with Crippen molar-refractivity contribution >= 4 is 11.4 Å². The van der Waals surface area contributed by atoms with Gasteiger partial charge in [-0.2, -0.15) is 0 Å². The fourth-order valence-corrected chi connectivity index (χ4v) is 1.65. The molecule has 4 N–H and O–H groups in total. The molecule has 17 heavy (non-hydrogen) atoms. The quantitative estimate of drug-likeness (QED) is 0.414. The maximum absolute atomic E-state index is 9.35. The van der Waals surface area contributed by atoms with E-state index in [-0.39, 0.29) is 5.75 Å². The van der Waals surface area contributed by atoms with Crippen molar-refractivity contribution in [3.63, 3.8) is 0 Å². The van der Waals surface area contributed by atoms with Crippen LogP contribution in [0.1, 0.15) is 0 Å². The minimum Gasteiger partial charge on any atom is -0.508 e. The van der Waals surface area contributed by atoms with Gasteiger partial charge in [-0.15, -0.1) is 0 Å². The van der Waals surface area contributed by atoms with Crippen molar-refractivity contribution in [2.45, 2.75) is 6.54 Å². The minimum absolute atomic E-state index is 0.217. The lowest BCUT2D eigenvalue weighted by Gasteiger charge is -2.08.